The maximum Gasteiger partial charge on any atom is 0.326 e. The molecule has 0 fully saturated rings. The van der Waals surface area contributed by atoms with Crippen LogP contribution >= 0.6 is 0 Å². The van der Waals surface area contributed by atoms with Gasteiger partial charge in [0, 0.05) is 49.3 Å². The number of fused-ring (bicyclic) bond motifs is 1. The quantitative estimate of drug-likeness (QED) is 0.0199. The largest absolute Gasteiger partial charge is 0.508 e. The number of hydrogen-bond acceptors (Lipinski definition) is 11. The van der Waals surface area contributed by atoms with E-state index in [4.69, 9.17) is 22.9 Å². The number of aromatic hydroxyl groups is 1. The van der Waals surface area contributed by atoms with Gasteiger partial charge in [0.25, 0.3) is 0 Å². The van der Waals surface area contributed by atoms with Gasteiger partial charge in [-0.25, -0.2) is 4.79 Å². The summed E-state index contributed by atoms with van der Waals surface area (Å²) in [5.41, 5.74) is 25.2. The predicted octanol–water partition coefficient (Wildman–Crippen LogP) is -0.215. The molecule has 0 aliphatic heterocycles. The van der Waals surface area contributed by atoms with Gasteiger partial charge in [0.1, 0.15) is 36.0 Å². The van der Waals surface area contributed by atoms with Crippen molar-refractivity contribution in [2.45, 2.75) is 100 Å². The lowest BCUT2D eigenvalue weighted by atomic mass is 10.00. The number of nitrogens with zero attached hydrogens (tertiary/aromatic N) is 1. The highest BCUT2D eigenvalue weighted by molar-refractivity contribution is 5.97. The number of nitrogens with one attached hydrogen (secondary N) is 6. The second-order valence-electron chi connectivity index (χ2n) is 16.0. The number of rotatable bonds is 28. The molecular formula is C46H61N11O10. The van der Waals surface area contributed by atoms with Crippen molar-refractivity contribution in [3.05, 3.63) is 102 Å². The maximum absolute atomic E-state index is 14.7. The highest BCUT2D eigenvalue weighted by Crippen LogP contribution is 2.20. The van der Waals surface area contributed by atoms with E-state index in [2.05, 4.69) is 36.6 Å². The normalized spacial score (nSPS) is 13.7. The van der Waals surface area contributed by atoms with Crippen LogP contribution in [0.5, 0.6) is 5.75 Å². The van der Waals surface area contributed by atoms with Gasteiger partial charge in [-0.1, -0.05) is 67.1 Å². The maximum atomic E-state index is 14.7. The van der Waals surface area contributed by atoms with Crippen molar-refractivity contribution < 1.29 is 48.9 Å². The second-order valence-corrected chi connectivity index (χ2v) is 16.0. The number of carbonyl (C=O) groups excluding carboxylic acids is 5. The van der Waals surface area contributed by atoms with Crippen LogP contribution in [0.1, 0.15) is 61.6 Å². The summed E-state index contributed by atoms with van der Waals surface area (Å²) in [6.07, 6.45) is 2.10. The van der Waals surface area contributed by atoms with Crippen molar-refractivity contribution in [3.8, 4) is 5.75 Å². The standard InChI is InChI=1S/C46H61N11O10/c47-21-7-6-12-32(48)40(61)53-34(14-8-22-51-46(49)50)41(62)57-38(25-29-26-52-33-13-5-4-11-31(29)33)44(65)56-36(23-27-9-2-1-3-10-27)43(64)55-37(24-28-15-17-30(58)18-16-28)42(63)54-35(45(66)67)19-20-39(59)60/h1-5,9-11,13,15-18,26,32,34-38,52,58H,6-8,12,14,19-25,47-48H2,(H,53,61)(H,54,63)(H,55,64)(H,56,65)(H,57,62)(H,59,60)(H,66,67)(H4,49,50,51)/t32-,34-,35-,36-,37-,38-/m0/s1. The van der Waals surface area contributed by atoms with Gasteiger partial charge in [-0.2, -0.15) is 0 Å². The number of benzene rings is 3. The van der Waals surface area contributed by atoms with Gasteiger partial charge in [0.2, 0.25) is 29.5 Å². The number of phenols is 1. The summed E-state index contributed by atoms with van der Waals surface area (Å²) in [5.74, 6) is -6.98. The van der Waals surface area contributed by atoms with Gasteiger partial charge in [-0.05, 0) is 73.5 Å². The molecule has 67 heavy (non-hydrogen) atoms. The number of carboxylic acids is 2. The molecule has 21 heteroatoms. The molecule has 21 nitrogen and oxygen atoms in total. The zero-order valence-electron chi connectivity index (χ0n) is 37.0. The van der Waals surface area contributed by atoms with Crippen molar-refractivity contribution in [1.29, 1.82) is 0 Å². The summed E-state index contributed by atoms with van der Waals surface area (Å²) in [5, 5.41) is 42.8. The zero-order valence-corrected chi connectivity index (χ0v) is 37.0. The Labute approximate surface area is 386 Å². The van der Waals surface area contributed by atoms with Crippen LogP contribution in [0, 0.1) is 0 Å². The molecule has 17 N–H and O–H groups in total. The number of aromatic amines is 1. The van der Waals surface area contributed by atoms with E-state index in [0.29, 0.717) is 42.5 Å². The Balaban J connectivity index is 1.69. The minimum absolute atomic E-state index is 0.0495. The molecule has 0 aliphatic rings. The number of H-pyrrole nitrogens is 1. The monoisotopic (exact) mass is 927 g/mol. The number of phenolic OH excluding ortho intramolecular Hbond substituents is 1. The number of guanidine groups is 1. The number of carbonyl (C=O) groups is 7. The van der Waals surface area contributed by atoms with E-state index in [1.165, 1.54) is 24.3 Å². The zero-order chi connectivity index (χ0) is 48.9. The molecule has 4 rings (SSSR count). The molecule has 0 unspecified atom stereocenters. The average Bonchev–Trinajstić information content (AvgIpc) is 3.71. The van der Waals surface area contributed by atoms with Crippen LogP contribution in [0.15, 0.2) is 90.1 Å². The van der Waals surface area contributed by atoms with Gasteiger partial charge in [-0.3, -0.25) is 33.8 Å². The van der Waals surface area contributed by atoms with Crippen molar-refractivity contribution in [3.63, 3.8) is 0 Å². The van der Waals surface area contributed by atoms with Crippen molar-refractivity contribution in [2.75, 3.05) is 13.1 Å². The van der Waals surface area contributed by atoms with Crippen LogP contribution in [-0.4, -0.2) is 117 Å². The molecular weight excluding hydrogens is 867 g/mol. The first-order chi connectivity index (χ1) is 32.0. The molecule has 0 saturated heterocycles. The highest BCUT2D eigenvalue weighted by atomic mass is 16.4. The Morgan fingerprint density at radius 3 is 1.72 bits per heavy atom. The van der Waals surface area contributed by atoms with Gasteiger partial charge in [0.15, 0.2) is 5.96 Å². The summed E-state index contributed by atoms with van der Waals surface area (Å²) in [6.45, 7) is 0.544. The topological polar surface area (TPSA) is 373 Å². The number of aromatic nitrogens is 1. The van der Waals surface area contributed by atoms with Crippen LogP contribution in [0.2, 0.25) is 0 Å². The third kappa shape index (κ3) is 17.4. The van der Waals surface area contributed by atoms with E-state index in [1.54, 1.807) is 36.5 Å². The van der Waals surface area contributed by atoms with Gasteiger partial charge in [0.05, 0.1) is 6.04 Å². The minimum Gasteiger partial charge on any atom is -0.508 e. The van der Waals surface area contributed by atoms with E-state index >= 15 is 0 Å². The highest BCUT2D eigenvalue weighted by Gasteiger charge is 2.34. The molecule has 0 saturated carbocycles. The molecule has 0 bridgehead atoms. The Hall–Kier alpha value is -7.52. The van der Waals surface area contributed by atoms with E-state index in [1.807, 2.05) is 24.3 Å². The molecule has 6 atom stereocenters. The first-order valence-corrected chi connectivity index (χ1v) is 21.9. The predicted molar refractivity (Wildman–Crippen MR) is 249 cm³/mol. The van der Waals surface area contributed by atoms with Crippen LogP contribution < -0.4 is 49.5 Å². The number of amides is 5. The van der Waals surface area contributed by atoms with E-state index in [9.17, 15) is 48.9 Å². The van der Waals surface area contributed by atoms with E-state index in [0.717, 1.165) is 10.9 Å². The second kappa shape index (κ2) is 26.4. The number of carboxylic acid groups (broad SMARTS) is 2. The molecule has 3 aromatic carbocycles. The number of nitrogens with two attached hydrogens (primary N) is 4. The van der Waals surface area contributed by atoms with Crippen molar-refractivity contribution in [2.24, 2.45) is 27.9 Å². The van der Waals surface area contributed by atoms with E-state index in [-0.39, 0.29) is 50.4 Å². The van der Waals surface area contributed by atoms with Crippen molar-refractivity contribution >= 4 is 58.3 Å². The van der Waals surface area contributed by atoms with E-state index < -0.39 is 90.6 Å². The number of hydrogen-bond donors (Lipinski definition) is 13. The number of unbranched alkanes of at least 4 members (excludes halogenated alkanes) is 1. The van der Waals surface area contributed by atoms with Gasteiger partial charge >= 0.3 is 11.9 Å². The Morgan fingerprint density at radius 1 is 0.597 bits per heavy atom. The molecule has 0 spiro atoms. The van der Waals surface area contributed by atoms with Crippen LogP contribution in [-0.2, 0) is 52.8 Å². The number of aliphatic carboxylic acids is 2. The molecule has 360 valence electrons. The van der Waals surface area contributed by atoms with Crippen LogP contribution in [0.4, 0.5) is 0 Å². The Morgan fingerprint density at radius 2 is 1.13 bits per heavy atom. The lowest BCUT2D eigenvalue weighted by Crippen LogP contribution is -2.60. The van der Waals surface area contributed by atoms with Crippen LogP contribution in [0.25, 0.3) is 10.9 Å². The van der Waals surface area contributed by atoms with Gasteiger partial charge in [-0.15, -0.1) is 0 Å². The summed E-state index contributed by atoms with van der Waals surface area (Å²) >= 11 is 0. The third-order valence-corrected chi connectivity index (χ3v) is 10.8. The van der Waals surface area contributed by atoms with Crippen LogP contribution in [0.3, 0.4) is 0 Å². The Bertz CT molecular complexity index is 2320. The lowest BCUT2D eigenvalue weighted by molar-refractivity contribution is -0.143. The first kappa shape index (κ1) is 52.1. The average molecular weight is 928 g/mol. The minimum atomic E-state index is -1.62. The SMILES string of the molecule is NCCCC[C@H](N)C(=O)N[C@@H](CCCN=C(N)N)C(=O)N[C@@H](Cc1c[nH]c2ccccc12)C(=O)N[C@@H](Cc1ccccc1)C(=O)N[C@@H](Cc1ccc(O)cc1)C(=O)N[C@@H](CCC(=O)O)C(=O)O. The molecule has 5 amide bonds. The summed E-state index contributed by atoms with van der Waals surface area (Å²) in [4.78, 5) is 101. The first-order valence-electron chi connectivity index (χ1n) is 21.9. The molecule has 4 aromatic rings. The fourth-order valence-corrected chi connectivity index (χ4v) is 7.17. The summed E-state index contributed by atoms with van der Waals surface area (Å²) < 4.78 is 0. The lowest BCUT2D eigenvalue weighted by Gasteiger charge is -2.27. The third-order valence-electron chi connectivity index (χ3n) is 10.8. The molecule has 0 radical (unpaired) electrons. The molecule has 1 heterocycles. The Kier molecular flexibility index (Phi) is 20.6. The fraction of sp³-hybridized carbons (Fsp3) is 0.391. The number of para-hydroxylation sites is 1. The van der Waals surface area contributed by atoms with Crippen molar-refractivity contribution in [1.82, 2.24) is 31.6 Å². The summed E-state index contributed by atoms with van der Waals surface area (Å²) in [6, 6.07) is 13.6. The smallest absolute Gasteiger partial charge is 0.326 e. The summed E-state index contributed by atoms with van der Waals surface area (Å²) in [7, 11) is 0. The molecule has 1 aromatic heterocycles. The van der Waals surface area contributed by atoms with Gasteiger partial charge < -0.3 is 69.8 Å². The fourth-order valence-electron chi connectivity index (χ4n) is 7.17. The number of aliphatic imine (C=N–C) groups is 1. The molecule has 0 aliphatic carbocycles.